The first kappa shape index (κ1) is 16.4. The Morgan fingerprint density at radius 3 is 2.83 bits per heavy atom. The second-order valence-corrected chi connectivity index (χ2v) is 6.10. The van der Waals surface area contributed by atoms with Gasteiger partial charge in [0.1, 0.15) is 11.3 Å². The Hall–Kier alpha value is -2.48. The predicted molar refractivity (Wildman–Crippen MR) is 90.3 cm³/mol. The molecule has 1 aliphatic heterocycles. The van der Waals surface area contributed by atoms with Crippen LogP contribution >= 0.6 is 0 Å². The van der Waals surface area contributed by atoms with E-state index in [-0.39, 0.29) is 23.3 Å². The summed E-state index contributed by atoms with van der Waals surface area (Å²) in [6.45, 7) is 6.07. The summed E-state index contributed by atoms with van der Waals surface area (Å²) in [6, 6.07) is 1.76. The van der Waals surface area contributed by atoms with Crippen LogP contribution in [-0.4, -0.2) is 51.4 Å². The van der Waals surface area contributed by atoms with Gasteiger partial charge in [-0.3, -0.25) is 19.6 Å². The molecular formula is C16H21N5O3. The highest BCUT2D eigenvalue weighted by Crippen LogP contribution is 2.16. The molecule has 1 aliphatic rings. The predicted octanol–water partition coefficient (Wildman–Crippen LogP) is 0.134. The van der Waals surface area contributed by atoms with Crippen molar-refractivity contribution in [2.24, 2.45) is 0 Å². The van der Waals surface area contributed by atoms with Crippen molar-refractivity contribution in [3.63, 3.8) is 0 Å². The molecule has 1 atom stereocenters. The van der Waals surface area contributed by atoms with Crippen LogP contribution in [0.25, 0.3) is 11.0 Å². The Morgan fingerprint density at radius 2 is 2.17 bits per heavy atom. The molecular weight excluding hydrogens is 310 g/mol. The number of carbonyl (C=O) groups is 1. The number of rotatable bonds is 4. The number of nitrogens with one attached hydrogen (secondary N) is 3. The summed E-state index contributed by atoms with van der Waals surface area (Å²) in [5.74, 6) is -0.170. The number of pyridine rings is 1. The third kappa shape index (κ3) is 2.96. The summed E-state index contributed by atoms with van der Waals surface area (Å²) in [7, 11) is 0. The highest BCUT2D eigenvalue weighted by molar-refractivity contribution is 5.95. The van der Waals surface area contributed by atoms with Crippen molar-refractivity contribution in [2.75, 3.05) is 19.6 Å². The van der Waals surface area contributed by atoms with Gasteiger partial charge in [-0.1, -0.05) is 6.92 Å². The van der Waals surface area contributed by atoms with Crippen LogP contribution in [0.1, 0.15) is 35.8 Å². The van der Waals surface area contributed by atoms with Crippen molar-refractivity contribution < 1.29 is 4.79 Å². The summed E-state index contributed by atoms with van der Waals surface area (Å²) in [5.41, 5.74) is -0.117. The SMILES string of the molecule is CCCN(C(=O)c1cc(C)c2c(=O)[nH]c(=O)[nH]c2n1)C1CCNC1. The molecule has 0 radical (unpaired) electrons. The maximum atomic E-state index is 12.9. The molecule has 0 saturated carbocycles. The fraction of sp³-hybridized carbons (Fsp3) is 0.500. The van der Waals surface area contributed by atoms with Crippen LogP contribution in [0.5, 0.6) is 0 Å². The van der Waals surface area contributed by atoms with Gasteiger partial charge in [0.05, 0.1) is 5.39 Å². The Morgan fingerprint density at radius 1 is 1.38 bits per heavy atom. The molecule has 0 aliphatic carbocycles. The molecule has 3 N–H and O–H groups in total. The monoisotopic (exact) mass is 331 g/mol. The molecule has 0 aromatic carbocycles. The molecule has 1 fully saturated rings. The average Bonchev–Trinajstić information content (AvgIpc) is 3.04. The fourth-order valence-corrected chi connectivity index (χ4v) is 3.21. The van der Waals surface area contributed by atoms with E-state index >= 15 is 0 Å². The van der Waals surface area contributed by atoms with E-state index in [9.17, 15) is 14.4 Å². The van der Waals surface area contributed by atoms with Crippen molar-refractivity contribution in [2.45, 2.75) is 32.7 Å². The van der Waals surface area contributed by atoms with E-state index in [1.807, 2.05) is 11.8 Å². The number of amides is 1. The molecule has 1 unspecified atom stereocenters. The molecule has 1 saturated heterocycles. The molecule has 3 heterocycles. The maximum absolute atomic E-state index is 12.9. The number of fused-ring (bicyclic) bond motifs is 1. The third-order valence-corrected chi connectivity index (χ3v) is 4.32. The smallest absolute Gasteiger partial charge is 0.327 e. The first-order chi connectivity index (χ1) is 11.5. The molecule has 8 heteroatoms. The maximum Gasteiger partial charge on any atom is 0.327 e. The van der Waals surface area contributed by atoms with E-state index in [2.05, 4.69) is 20.3 Å². The van der Waals surface area contributed by atoms with Crippen molar-refractivity contribution in [3.8, 4) is 0 Å². The summed E-state index contributed by atoms with van der Waals surface area (Å²) >= 11 is 0. The molecule has 0 bridgehead atoms. The topological polar surface area (TPSA) is 111 Å². The fourth-order valence-electron chi connectivity index (χ4n) is 3.21. The number of aromatic amines is 2. The zero-order valence-corrected chi connectivity index (χ0v) is 13.8. The number of nitrogens with zero attached hydrogens (tertiary/aromatic N) is 2. The van der Waals surface area contributed by atoms with Gasteiger partial charge in [-0.15, -0.1) is 0 Å². The lowest BCUT2D eigenvalue weighted by atomic mass is 10.1. The van der Waals surface area contributed by atoms with Crippen LogP contribution in [0.15, 0.2) is 15.7 Å². The first-order valence-electron chi connectivity index (χ1n) is 8.17. The lowest BCUT2D eigenvalue weighted by Gasteiger charge is -2.28. The average molecular weight is 331 g/mol. The molecule has 24 heavy (non-hydrogen) atoms. The van der Waals surface area contributed by atoms with Gasteiger partial charge in [0.25, 0.3) is 11.5 Å². The Kier molecular flexibility index (Phi) is 4.48. The lowest BCUT2D eigenvalue weighted by molar-refractivity contribution is 0.0686. The van der Waals surface area contributed by atoms with Crippen LogP contribution in [0, 0.1) is 6.92 Å². The zero-order valence-electron chi connectivity index (χ0n) is 13.8. The number of hydrogen-bond acceptors (Lipinski definition) is 5. The van der Waals surface area contributed by atoms with E-state index in [0.717, 1.165) is 25.9 Å². The van der Waals surface area contributed by atoms with E-state index in [4.69, 9.17) is 0 Å². The number of aryl methyl sites for hydroxylation is 1. The molecule has 3 rings (SSSR count). The molecule has 1 amide bonds. The van der Waals surface area contributed by atoms with Crippen LogP contribution in [0.2, 0.25) is 0 Å². The number of hydrogen-bond donors (Lipinski definition) is 3. The number of carbonyl (C=O) groups excluding carboxylic acids is 1. The Labute approximate surface area is 138 Å². The van der Waals surface area contributed by atoms with Gasteiger partial charge >= 0.3 is 5.69 Å². The summed E-state index contributed by atoms with van der Waals surface area (Å²) in [4.78, 5) is 47.1. The van der Waals surface area contributed by atoms with Crippen LogP contribution in [0.3, 0.4) is 0 Å². The zero-order chi connectivity index (χ0) is 17.3. The largest absolute Gasteiger partial charge is 0.333 e. The Bertz CT molecular complexity index is 879. The van der Waals surface area contributed by atoms with E-state index in [1.165, 1.54) is 0 Å². The van der Waals surface area contributed by atoms with Gasteiger partial charge in [0.15, 0.2) is 0 Å². The minimum absolute atomic E-state index is 0.146. The minimum Gasteiger partial charge on any atom is -0.333 e. The summed E-state index contributed by atoms with van der Waals surface area (Å²) in [6.07, 6.45) is 1.76. The highest BCUT2D eigenvalue weighted by atomic mass is 16.2. The minimum atomic E-state index is -0.630. The molecule has 2 aromatic rings. The molecule has 0 spiro atoms. The summed E-state index contributed by atoms with van der Waals surface area (Å²) in [5, 5.41) is 3.57. The molecule has 2 aromatic heterocycles. The normalized spacial score (nSPS) is 17.3. The quantitative estimate of drug-likeness (QED) is 0.738. The second kappa shape index (κ2) is 6.56. The molecule has 128 valence electrons. The van der Waals surface area contributed by atoms with E-state index in [0.29, 0.717) is 17.5 Å². The highest BCUT2D eigenvalue weighted by Gasteiger charge is 2.28. The van der Waals surface area contributed by atoms with Crippen LogP contribution in [0.4, 0.5) is 0 Å². The van der Waals surface area contributed by atoms with Crippen molar-refractivity contribution in [3.05, 3.63) is 38.2 Å². The van der Waals surface area contributed by atoms with E-state index < -0.39 is 11.2 Å². The second-order valence-electron chi connectivity index (χ2n) is 6.10. The standard InChI is InChI=1S/C16H21N5O3/c1-3-6-21(10-4-5-17-8-10)15(23)11-7-9(2)12-13(18-11)19-16(24)20-14(12)22/h7,10,17H,3-6,8H2,1-2H3,(H2,18,19,20,22,24). The van der Waals surface area contributed by atoms with Crippen molar-refractivity contribution in [1.29, 1.82) is 0 Å². The molecule has 8 nitrogen and oxygen atoms in total. The first-order valence-corrected chi connectivity index (χ1v) is 8.17. The lowest BCUT2D eigenvalue weighted by Crippen LogP contribution is -2.42. The van der Waals surface area contributed by atoms with Gasteiger partial charge in [-0.2, -0.15) is 0 Å². The van der Waals surface area contributed by atoms with Crippen LogP contribution < -0.4 is 16.6 Å². The number of H-pyrrole nitrogens is 2. The van der Waals surface area contributed by atoms with Gasteiger partial charge in [-0.25, -0.2) is 9.78 Å². The Balaban J connectivity index is 2.05. The van der Waals surface area contributed by atoms with Crippen molar-refractivity contribution >= 4 is 16.9 Å². The van der Waals surface area contributed by atoms with Crippen LogP contribution in [-0.2, 0) is 0 Å². The van der Waals surface area contributed by atoms with Gasteiger partial charge in [-0.05, 0) is 37.9 Å². The van der Waals surface area contributed by atoms with Gasteiger partial charge < -0.3 is 10.2 Å². The van der Waals surface area contributed by atoms with Gasteiger partial charge in [0.2, 0.25) is 0 Å². The number of aromatic nitrogens is 3. The van der Waals surface area contributed by atoms with Gasteiger partial charge in [0, 0.05) is 19.1 Å². The third-order valence-electron chi connectivity index (χ3n) is 4.32. The summed E-state index contributed by atoms with van der Waals surface area (Å²) < 4.78 is 0. The van der Waals surface area contributed by atoms with E-state index in [1.54, 1.807) is 13.0 Å². The van der Waals surface area contributed by atoms with Crippen molar-refractivity contribution in [1.82, 2.24) is 25.2 Å².